The highest BCUT2D eigenvalue weighted by atomic mass is 16.5. The Bertz CT molecular complexity index is 1060. The van der Waals surface area contributed by atoms with E-state index < -0.39 is 0 Å². The Balaban J connectivity index is 1.42. The summed E-state index contributed by atoms with van der Waals surface area (Å²) in [7, 11) is 2.00. The highest BCUT2D eigenvalue weighted by Gasteiger charge is 2.57. The number of aryl methyl sites for hydroxylation is 1. The molecule has 0 radical (unpaired) electrons. The molecule has 3 unspecified atom stereocenters. The molecule has 5 rings (SSSR count). The molecule has 34 heavy (non-hydrogen) atoms. The number of phenols is 1. The van der Waals surface area contributed by atoms with Gasteiger partial charge in [0.15, 0.2) is 0 Å². The lowest BCUT2D eigenvalue weighted by Crippen LogP contribution is -2.47. The number of likely N-dealkylation sites (N-methyl/N-ethyl adjacent to an activating group) is 1. The first-order chi connectivity index (χ1) is 16.4. The number of aromatic hydroxyl groups is 1. The number of benzene rings is 2. The highest BCUT2D eigenvalue weighted by molar-refractivity contribution is 5.43. The van der Waals surface area contributed by atoms with Crippen LogP contribution in [0.3, 0.4) is 0 Å². The van der Waals surface area contributed by atoms with Crippen molar-refractivity contribution in [2.45, 2.75) is 57.0 Å². The number of terminal acetylenes is 1. The standard InChI is InChI=1S/C30H37NO3/c1-4-15-31(3)16-17-34-23-9-5-20(6-10-23)26-19-30(2)27(13-14-28(30)33)25-11-7-21-18-22(32)8-12-24(21)29(25)26/h1,5-6,8-10,12,18,25-29,32-33H,7,11,13-17,19H2,2-3H3/t25?,26-,27?,28+,29?,30+/m1/s1. The molecule has 6 atom stereocenters. The van der Waals surface area contributed by atoms with Crippen LogP contribution in [0.1, 0.15) is 61.1 Å². The summed E-state index contributed by atoms with van der Waals surface area (Å²) in [5, 5.41) is 21.1. The van der Waals surface area contributed by atoms with Crippen molar-refractivity contribution in [3.8, 4) is 23.8 Å². The van der Waals surface area contributed by atoms with E-state index in [1.807, 2.05) is 19.2 Å². The lowest BCUT2D eigenvalue weighted by atomic mass is 9.51. The number of aliphatic hydroxyl groups is 1. The van der Waals surface area contributed by atoms with E-state index in [1.54, 1.807) is 0 Å². The molecule has 2 aromatic carbocycles. The molecule has 0 amide bonds. The first-order valence-electron chi connectivity index (χ1n) is 12.8. The van der Waals surface area contributed by atoms with Crippen molar-refractivity contribution in [3.05, 3.63) is 59.2 Å². The minimum atomic E-state index is -0.218. The van der Waals surface area contributed by atoms with Crippen LogP contribution in [-0.2, 0) is 6.42 Å². The Morgan fingerprint density at radius 1 is 1.15 bits per heavy atom. The van der Waals surface area contributed by atoms with E-state index in [-0.39, 0.29) is 11.5 Å². The minimum Gasteiger partial charge on any atom is -0.508 e. The summed E-state index contributed by atoms with van der Waals surface area (Å²) in [5.74, 6) is 5.80. The molecule has 2 aromatic rings. The summed E-state index contributed by atoms with van der Waals surface area (Å²) in [4.78, 5) is 2.07. The number of ether oxygens (including phenoxy) is 1. The summed E-state index contributed by atoms with van der Waals surface area (Å²) in [6.45, 7) is 4.35. The van der Waals surface area contributed by atoms with E-state index in [1.165, 1.54) is 16.7 Å². The summed E-state index contributed by atoms with van der Waals surface area (Å²) in [6.07, 6.45) is 10.3. The summed E-state index contributed by atoms with van der Waals surface area (Å²) >= 11 is 0. The zero-order chi connectivity index (χ0) is 23.9. The number of nitrogens with zero attached hydrogens (tertiary/aromatic N) is 1. The van der Waals surface area contributed by atoms with Gasteiger partial charge in [-0.1, -0.05) is 31.0 Å². The van der Waals surface area contributed by atoms with Crippen molar-refractivity contribution in [2.75, 3.05) is 26.7 Å². The van der Waals surface area contributed by atoms with Gasteiger partial charge in [0.2, 0.25) is 0 Å². The minimum absolute atomic E-state index is 0.0307. The normalized spacial score (nSPS) is 31.9. The van der Waals surface area contributed by atoms with Gasteiger partial charge in [-0.25, -0.2) is 0 Å². The lowest BCUT2D eigenvalue weighted by Gasteiger charge is -2.54. The maximum absolute atomic E-state index is 11.0. The fraction of sp³-hybridized carbons (Fsp3) is 0.533. The van der Waals surface area contributed by atoms with Gasteiger partial charge in [0.05, 0.1) is 12.6 Å². The average Bonchev–Trinajstić information content (AvgIpc) is 3.13. The van der Waals surface area contributed by atoms with Gasteiger partial charge >= 0.3 is 0 Å². The van der Waals surface area contributed by atoms with Gasteiger partial charge in [-0.05, 0) is 109 Å². The number of fused-ring (bicyclic) bond motifs is 5. The van der Waals surface area contributed by atoms with Crippen LogP contribution in [0.2, 0.25) is 0 Å². The van der Waals surface area contributed by atoms with E-state index in [9.17, 15) is 10.2 Å². The Morgan fingerprint density at radius 2 is 1.94 bits per heavy atom. The number of phenolic OH excluding ortho intramolecular Hbond substituents is 1. The molecule has 2 fully saturated rings. The predicted octanol–water partition coefficient (Wildman–Crippen LogP) is 4.95. The Labute approximate surface area is 204 Å². The maximum Gasteiger partial charge on any atom is 0.119 e. The van der Waals surface area contributed by atoms with E-state index in [4.69, 9.17) is 11.2 Å². The van der Waals surface area contributed by atoms with Gasteiger partial charge in [-0.15, -0.1) is 6.42 Å². The molecule has 0 spiro atoms. The second-order valence-corrected chi connectivity index (χ2v) is 11.0. The molecule has 2 N–H and O–H groups in total. The summed E-state index contributed by atoms with van der Waals surface area (Å²) in [5.41, 5.74) is 3.99. The van der Waals surface area contributed by atoms with Crippen molar-refractivity contribution < 1.29 is 14.9 Å². The third kappa shape index (κ3) is 4.10. The van der Waals surface area contributed by atoms with Crippen molar-refractivity contribution in [2.24, 2.45) is 17.3 Å². The third-order valence-electron chi connectivity index (χ3n) is 9.07. The van der Waals surface area contributed by atoms with Gasteiger partial charge in [-0.2, -0.15) is 0 Å². The zero-order valence-corrected chi connectivity index (χ0v) is 20.4. The third-order valence-corrected chi connectivity index (χ3v) is 9.07. The number of hydrogen-bond acceptors (Lipinski definition) is 4. The second kappa shape index (κ2) is 9.29. The zero-order valence-electron chi connectivity index (χ0n) is 20.4. The van der Waals surface area contributed by atoms with Crippen LogP contribution in [0.25, 0.3) is 0 Å². The summed E-state index contributed by atoms with van der Waals surface area (Å²) in [6, 6.07) is 14.6. The molecule has 0 aromatic heterocycles. The number of aliphatic hydroxyl groups excluding tert-OH is 1. The Kier molecular flexibility index (Phi) is 6.35. The van der Waals surface area contributed by atoms with Gasteiger partial charge in [0, 0.05) is 6.54 Å². The van der Waals surface area contributed by atoms with Crippen LogP contribution in [0.4, 0.5) is 0 Å². The van der Waals surface area contributed by atoms with Crippen molar-refractivity contribution in [1.29, 1.82) is 0 Å². The first-order valence-corrected chi connectivity index (χ1v) is 12.8. The van der Waals surface area contributed by atoms with E-state index in [0.717, 1.165) is 44.4 Å². The van der Waals surface area contributed by atoms with E-state index in [2.05, 4.69) is 48.1 Å². The van der Waals surface area contributed by atoms with Gasteiger partial charge in [0.25, 0.3) is 0 Å². The van der Waals surface area contributed by atoms with Crippen LogP contribution in [0.15, 0.2) is 42.5 Å². The molecule has 0 bridgehead atoms. The molecular formula is C30H37NO3. The molecule has 4 nitrogen and oxygen atoms in total. The van der Waals surface area contributed by atoms with Gasteiger partial charge < -0.3 is 14.9 Å². The van der Waals surface area contributed by atoms with Crippen molar-refractivity contribution in [3.63, 3.8) is 0 Å². The molecule has 3 aliphatic carbocycles. The summed E-state index contributed by atoms with van der Waals surface area (Å²) < 4.78 is 5.97. The van der Waals surface area contributed by atoms with Crippen LogP contribution in [0.5, 0.6) is 11.5 Å². The molecule has 2 saturated carbocycles. The molecule has 180 valence electrons. The molecule has 4 heteroatoms. The van der Waals surface area contributed by atoms with Crippen LogP contribution in [-0.4, -0.2) is 48.0 Å². The van der Waals surface area contributed by atoms with Crippen molar-refractivity contribution in [1.82, 2.24) is 4.90 Å². The molecule has 0 heterocycles. The smallest absolute Gasteiger partial charge is 0.119 e. The van der Waals surface area contributed by atoms with Crippen LogP contribution >= 0.6 is 0 Å². The second-order valence-electron chi connectivity index (χ2n) is 11.0. The largest absolute Gasteiger partial charge is 0.508 e. The van der Waals surface area contributed by atoms with Crippen LogP contribution in [0, 0.1) is 29.6 Å². The SMILES string of the molecule is C#CCN(C)CCOc1ccc([C@H]2C[C@@]3(C)C(CC[C@@H]3O)C3CCc4cc(O)ccc4C32)cc1. The average molecular weight is 460 g/mol. The Morgan fingerprint density at radius 3 is 2.71 bits per heavy atom. The molecule has 3 aliphatic rings. The number of rotatable bonds is 6. The molecule has 0 aliphatic heterocycles. The van der Waals surface area contributed by atoms with E-state index >= 15 is 0 Å². The van der Waals surface area contributed by atoms with E-state index in [0.29, 0.717) is 42.6 Å². The predicted molar refractivity (Wildman–Crippen MR) is 135 cm³/mol. The lowest BCUT2D eigenvalue weighted by molar-refractivity contribution is -0.0323. The quantitative estimate of drug-likeness (QED) is 0.601. The first kappa shape index (κ1) is 23.3. The molecule has 0 saturated heterocycles. The fourth-order valence-electron chi connectivity index (χ4n) is 7.36. The number of hydrogen-bond donors (Lipinski definition) is 2. The van der Waals surface area contributed by atoms with Crippen LogP contribution < -0.4 is 4.74 Å². The van der Waals surface area contributed by atoms with Gasteiger partial charge in [-0.3, -0.25) is 4.90 Å². The maximum atomic E-state index is 11.0. The highest BCUT2D eigenvalue weighted by Crippen LogP contribution is 2.65. The van der Waals surface area contributed by atoms with Crippen molar-refractivity contribution >= 4 is 0 Å². The monoisotopic (exact) mass is 459 g/mol. The van der Waals surface area contributed by atoms with Gasteiger partial charge in [0.1, 0.15) is 18.1 Å². The molecular weight excluding hydrogens is 422 g/mol. The fourth-order valence-corrected chi connectivity index (χ4v) is 7.36. The topological polar surface area (TPSA) is 52.9 Å². The Hall–Kier alpha value is -2.48.